The van der Waals surface area contributed by atoms with Gasteiger partial charge in [-0.3, -0.25) is 0 Å². The first-order valence-corrected chi connectivity index (χ1v) is 10.8. The molecule has 0 spiro atoms. The van der Waals surface area contributed by atoms with Gasteiger partial charge in [-0.1, -0.05) is 69.7 Å². The SMILES string of the molecule is C=N/C(N)=C(\C)N=C(CCCC)[N+](Cc1ccc(CN)cc1)=C1C=CC=CC1.CC. The highest BCUT2D eigenvalue weighted by Crippen LogP contribution is 2.13. The van der Waals surface area contributed by atoms with E-state index in [1.165, 1.54) is 11.3 Å². The number of benzene rings is 1. The minimum Gasteiger partial charge on any atom is -0.380 e. The van der Waals surface area contributed by atoms with Crippen molar-refractivity contribution in [1.82, 2.24) is 0 Å². The van der Waals surface area contributed by atoms with Gasteiger partial charge in [0, 0.05) is 19.9 Å². The van der Waals surface area contributed by atoms with Crippen LogP contribution in [0.15, 0.2) is 70.1 Å². The Bertz CT molecular complexity index is 824. The van der Waals surface area contributed by atoms with Crippen molar-refractivity contribution in [2.24, 2.45) is 21.5 Å². The lowest BCUT2D eigenvalue weighted by atomic mass is 10.1. The van der Waals surface area contributed by atoms with Crippen molar-refractivity contribution in [3.05, 3.63) is 71.2 Å². The topological polar surface area (TPSA) is 79.8 Å². The lowest BCUT2D eigenvalue weighted by Crippen LogP contribution is -2.27. The van der Waals surface area contributed by atoms with Crippen molar-refractivity contribution in [2.45, 2.75) is 66.5 Å². The summed E-state index contributed by atoms with van der Waals surface area (Å²) in [5, 5.41) is 0. The third-order valence-corrected chi connectivity index (χ3v) is 4.71. The standard InChI is InChI=1S/C23H32N5.C2H6/c1-4-5-11-22(27-18(2)23(25)26-3)28(21-9-7-6-8-10-21)17-20-14-12-19(16-24)13-15-20;1-2/h6-9,12-15H,3-5,10-11,16-17,24-25H2,1-2H3;1-2H3/q+1;/b23-18+,27-22?,28-21?;. The minimum absolute atomic E-state index is 0.366. The molecule has 162 valence electrons. The van der Waals surface area contributed by atoms with E-state index in [9.17, 15) is 0 Å². The first-order chi connectivity index (χ1) is 14.6. The average molecular weight is 409 g/mol. The van der Waals surface area contributed by atoms with E-state index in [2.05, 4.69) is 71.8 Å². The molecule has 0 aromatic heterocycles. The number of hydrogen-bond donors (Lipinski definition) is 2. The lowest BCUT2D eigenvalue weighted by Gasteiger charge is -2.13. The summed E-state index contributed by atoms with van der Waals surface area (Å²) >= 11 is 0. The first-order valence-electron chi connectivity index (χ1n) is 10.8. The van der Waals surface area contributed by atoms with Crippen molar-refractivity contribution >= 4 is 18.3 Å². The summed E-state index contributed by atoms with van der Waals surface area (Å²) in [6.07, 6.45) is 12.4. The van der Waals surface area contributed by atoms with Gasteiger partial charge in [0.2, 0.25) is 0 Å². The maximum absolute atomic E-state index is 5.94. The van der Waals surface area contributed by atoms with E-state index in [0.29, 0.717) is 18.1 Å². The van der Waals surface area contributed by atoms with Gasteiger partial charge >= 0.3 is 0 Å². The van der Waals surface area contributed by atoms with Gasteiger partial charge in [-0.2, -0.15) is 0 Å². The van der Waals surface area contributed by atoms with Gasteiger partial charge < -0.3 is 11.5 Å². The molecular weight excluding hydrogens is 370 g/mol. The van der Waals surface area contributed by atoms with Gasteiger partial charge in [0.05, 0.1) is 6.42 Å². The van der Waals surface area contributed by atoms with Crippen molar-refractivity contribution in [3.8, 4) is 0 Å². The molecule has 0 saturated heterocycles. The Labute approximate surface area is 182 Å². The maximum atomic E-state index is 5.94. The van der Waals surface area contributed by atoms with Gasteiger partial charge in [-0.15, -0.1) is 0 Å². The molecule has 0 atom stereocenters. The molecule has 0 bridgehead atoms. The molecule has 5 heteroatoms. The molecule has 0 saturated carbocycles. The van der Waals surface area contributed by atoms with Gasteiger partial charge in [0.15, 0.2) is 11.5 Å². The second kappa shape index (κ2) is 14.2. The van der Waals surface area contributed by atoms with Crippen LogP contribution in [0.25, 0.3) is 0 Å². The summed E-state index contributed by atoms with van der Waals surface area (Å²) in [5.74, 6) is 1.37. The van der Waals surface area contributed by atoms with Crippen molar-refractivity contribution in [1.29, 1.82) is 0 Å². The van der Waals surface area contributed by atoms with Gasteiger partial charge in [-0.25, -0.2) is 9.57 Å². The highest BCUT2D eigenvalue weighted by atomic mass is 15.1. The smallest absolute Gasteiger partial charge is 0.299 e. The van der Waals surface area contributed by atoms with Crippen LogP contribution in [0.4, 0.5) is 0 Å². The Morgan fingerprint density at radius 2 is 1.80 bits per heavy atom. The molecule has 5 nitrogen and oxygen atoms in total. The number of rotatable bonds is 8. The van der Waals surface area contributed by atoms with Crippen LogP contribution in [0.3, 0.4) is 0 Å². The summed E-state index contributed by atoms with van der Waals surface area (Å²) < 4.78 is 2.30. The Balaban J connectivity index is 0.00000218. The van der Waals surface area contributed by atoms with E-state index in [0.717, 1.165) is 43.6 Å². The Hall–Kier alpha value is -2.79. The number of nitrogens with zero attached hydrogens (tertiary/aromatic N) is 3. The van der Waals surface area contributed by atoms with Crippen LogP contribution >= 0.6 is 0 Å². The van der Waals surface area contributed by atoms with Crippen molar-refractivity contribution in [3.63, 3.8) is 0 Å². The second-order valence-corrected chi connectivity index (χ2v) is 6.85. The van der Waals surface area contributed by atoms with Crippen molar-refractivity contribution in [2.75, 3.05) is 0 Å². The van der Waals surface area contributed by atoms with Crippen LogP contribution < -0.4 is 11.5 Å². The van der Waals surface area contributed by atoms with E-state index >= 15 is 0 Å². The van der Waals surface area contributed by atoms with Crippen LogP contribution in [0.2, 0.25) is 0 Å². The molecule has 0 radical (unpaired) electrons. The zero-order valence-corrected chi connectivity index (χ0v) is 19.1. The maximum Gasteiger partial charge on any atom is 0.299 e. The predicted molar refractivity (Wildman–Crippen MR) is 131 cm³/mol. The fourth-order valence-electron chi connectivity index (χ4n) is 2.98. The van der Waals surface area contributed by atoms with Gasteiger partial charge in [-0.05, 0) is 35.3 Å². The number of unbranched alkanes of at least 4 members (excludes halogenated alkanes) is 1. The fraction of sp³-hybridized carbons (Fsp3) is 0.400. The third-order valence-electron chi connectivity index (χ3n) is 4.71. The van der Waals surface area contributed by atoms with E-state index in [1.54, 1.807) is 0 Å². The largest absolute Gasteiger partial charge is 0.380 e. The van der Waals surface area contributed by atoms with Crippen LogP contribution in [-0.2, 0) is 13.1 Å². The van der Waals surface area contributed by atoms with Gasteiger partial charge in [0.1, 0.15) is 12.3 Å². The van der Waals surface area contributed by atoms with E-state index < -0.39 is 0 Å². The summed E-state index contributed by atoms with van der Waals surface area (Å²) in [6.45, 7) is 12.9. The minimum atomic E-state index is 0.366. The monoisotopic (exact) mass is 408 g/mol. The fourth-order valence-corrected chi connectivity index (χ4v) is 2.98. The predicted octanol–water partition coefficient (Wildman–Crippen LogP) is 5.08. The molecule has 0 fully saturated rings. The highest BCUT2D eigenvalue weighted by molar-refractivity contribution is 5.97. The van der Waals surface area contributed by atoms with Crippen LogP contribution in [-0.4, -0.2) is 22.8 Å². The normalized spacial score (nSPS) is 15.8. The molecule has 0 heterocycles. The molecule has 1 aliphatic rings. The molecule has 0 amide bonds. The number of aliphatic imine (C=N–C) groups is 2. The lowest BCUT2D eigenvalue weighted by molar-refractivity contribution is -0.429. The molecular formula is C25H38N5+. The van der Waals surface area contributed by atoms with Crippen LogP contribution in [0.1, 0.15) is 64.5 Å². The quantitative estimate of drug-likeness (QED) is 0.357. The summed E-state index contributed by atoms with van der Waals surface area (Å²) in [7, 11) is 0. The van der Waals surface area contributed by atoms with E-state index in [1.807, 2.05) is 20.8 Å². The van der Waals surface area contributed by atoms with Crippen molar-refractivity contribution < 1.29 is 4.58 Å². The molecule has 1 aliphatic carbocycles. The number of amidine groups is 1. The molecule has 4 N–H and O–H groups in total. The second-order valence-electron chi connectivity index (χ2n) is 6.85. The average Bonchev–Trinajstić information content (AvgIpc) is 2.81. The third kappa shape index (κ3) is 7.91. The summed E-state index contributed by atoms with van der Waals surface area (Å²) in [5.41, 5.74) is 15.9. The zero-order valence-electron chi connectivity index (χ0n) is 19.1. The molecule has 0 unspecified atom stereocenters. The molecule has 1 aromatic carbocycles. The van der Waals surface area contributed by atoms with E-state index in [4.69, 9.17) is 16.5 Å². The summed E-state index contributed by atoms with van der Waals surface area (Å²) in [6, 6.07) is 8.45. The molecule has 0 aliphatic heterocycles. The van der Waals surface area contributed by atoms with Crippen LogP contribution in [0, 0.1) is 0 Å². The highest BCUT2D eigenvalue weighted by Gasteiger charge is 2.20. The number of allylic oxidation sites excluding steroid dienone is 5. The first kappa shape index (κ1) is 25.2. The van der Waals surface area contributed by atoms with Crippen LogP contribution in [0.5, 0.6) is 0 Å². The summed E-state index contributed by atoms with van der Waals surface area (Å²) in [4.78, 5) is 8.69. The van der Waals surface area contributed by atoms with Gasteiger partial charge in [0.25, 0.3) is 5.84 Å². The van der Waals surface area contributed by atoms with E-state index in [-0.39, 0.29) is 0 Å². The molecule has 2 rings (SSSR count). The molecule has 1 aromatic rings. The number of nitrogens with two attached hydrogens (primary N) is 2. The molecule has 30 heavy (non-hydrogen) atoms. The number of hydrogen-bond acceptors (Lipinski definition) is 4. The Morgan fingerprint density at radius 3 is 2.33 bits per heavy atom. The Morgan fingerprint density at radius 1 is 1.13 bits per heavy atom. The zero-order chi connectivity index (χ0) is 22.4. The Kier molecular flexibility index (Phi) is 12.0.